The van der Waals surface area contributed by atoms with Crippen LogP contribution in [0, 0.1) is 0 Å². The first-order chi connectivity index (χ1) is 16.7. The SMILES string of the molecule is O=C(Nc1cccc(-c2nn[nH]n2)c1)c1ccc(C(=O)Nc2cccc(-c3nn[nH]n3)c2)cc1. The Morgan fingerprint density at radius 1 is 0.618 bits per heavy atom. The zero-order valence-corrected chi connectivity index (χ0v) is 17.4. The maximum atomic E-state index is 12.7. The summed E-state index contributed by atoms with van der Waals surface area (Å²) in [7, 11) is 0. The molecule has 12 nitrogen and oxygen atoms in total. The molecule has 2 amide bonds. The topological polar surface area (TPSA) is 167 Å². The molecule has 0 saturated carbocycles. The number of rotatable bonds is 6. The standard InChI is InChI=1S/C22H16N10O2/c33-21(23-17-5-1-3-15(11-17)19-25-29-30-26-19)13-7-9-14(10-8-13)22(34)24-18-6-2-4-16(12-18)20-27-31-32-28-20/h1-12H,(H,23,33)(H,24,34)(H,25,26,29,30)(H,27,28,31,32). The molecule has 166 valence electrons. The molecule has 12 heteroatoms. The van der Waals surface area contributed by atoms with E-state index in [1.807, 2.05) is 12.1 Å². The van der Waals surface area contributed by atoms with E-state index in [-0.39, 0.29) is 11.8 Å². The van der Waals surface area contributed by atoms with Crippen LogP contribution in [-0.2, 0) is 0 Å². The Kier molecular flexibility index (Phi) is 5.51. The lowest BCUT2D eigenvalue weighted by Gasteiger charge is -2.08. The van der Waals surface area contributed by atoms with E-state index in [0.717, 1.165) is 0 Å². The van der Waals surface area contributed by atoms with Crippen LogP contribution in [0.1, 0.15) is 20.7 Å². The number of benzene rings is 3. The third kappa shape index (κ3) is 4.50. The highest BCUT2D eigenvalue weighted by Gasteiger charge is 2.12. The summed E-state index contributed by atoms with van der Waals surface area (Å²) in [6, 6.07) is 20.5. The van der Waals surface area contributed by atoms with Gasteiger partial charge in [-0.3, -0.25) is 9.59 Å². The Bertz CT molecular complexity index is 1320. The van der Waals surface area contributed by atoms with Crippen molar-refractivity contribution in [3.05, 3.63) is 83.9 Å². The van der Waals surface area contributed by atoms with Crippen LogP contribution in [-0.4, -0.2) is 53.1 Å². The molecule has 0 aliphatic carbocycles. The first kappa shape index (κ1) is 20.6. The summed E-state index contributed by atoms with van der Waals surface area (Å²) in [5.74, 6) is 0.221. The molecule has 0 aliphatic rings. The number of tetrazole rings is 2. The van der Waals surface area contributed by atoms with Crippen LogP contribution in [0.3, 0.4) is 0 Å². The second kappa shape index (κ2) is 9.08. The summed E-state index contributed by atoms with van der Waals surface area (Å²) >= 11 is 0. The molecular weight excluding hydrogens is 436 g/mol. The van der Waals surface area contributed by atoms with Gasteiger partial charge in [0.2, 0.25) is 11.6 Å². The molecule has 0 saturated heterocycles. The molecule has 2 aromatic heterocycles. The third-order valence-corrected chi connectivity index (χ3v) is 4.86. The Labute approximate surface area is 191 Å². The van der Waals surface area contributed by atoms with E-state index in [1.165, 1.54) is 0 Å². The van der Waals surface area contributed by atoms with Crippen molar-refractivity contribution in [3.8, 4) is 22.8 Å². The van der Waals surface area contributed by atoms with E-state index in [0.29, 0.717) is 45.3 Å². The molecule has 4 N–H and O–H groups in total. The first-order valence-electron chi connectivity index (χ1n) is 10.1. The minimum absolute atomic E-state index is 0.315. The zero-order valence-electron chi connectivity index (χ0n) is 17.4. The van der Waals surface area contributed by atoms with Crippen molar-refractivity contribution in [2.45, 2.75) is 0 Å². The second-order valence-corrected chi connectivity index (χ2v) is 7.12. The van der Waals surface area contributed by atoms with Gasteiger partial charge in [-0.1, -0.05) is 24.3 Å². The van der Waals surface area contributed by atoms with Crippen LogP contribution >= 0.6 is 0 Å². The molecule has 5 rings (SSSR count). The summed E-state index contributed by atoms with van der Waals surface area (Å²) < 4.78 is 0. The van der Waals surface area contributed by atoms with Crippen LogP contribution < -0.4 is 10.6 Å². The number of carbonyl (C=O) groups is 2. The molecular formula is C22H16N10O2. The minimum atomic E-state index is -0.315. The van der Waals surface area contributed by atoms with Gasteiger partial charge < -0.3 is 10.6 Å². The van der Waals surface area contributed by atoms with Crippen molar-refractivity contribution in [1.82, 2.24) is 41.2 Å². The fourth-order valence-electron chi connectivity index (χ4n) is 3.22. The fraction of sp³-hybridized carbons (Fsp3) is 0. The predicted molar refractivity (Wildman–Crippen MR) is 122 cm³/mol. The molecule has 3 aromatic carbocycles. The number of amides is 2. The fourth-order valence-corrected chi connectivity index (χ4v) is 3.22. The number of nitrogens with zero attached hydrogens (tertiary/aromatic N) is 6. The van der Waals surface area contributed by atoms with E-state index in [1.54, 1.807) is 60.7 Å². The number of hydrogen-bond acceptors (Lipinski definition) is 8. The van der Waals surface area contributed by atoms with Gasteiger partial charge in [0, 0.05) is 33.6 Å². The molecule has 0 unspecified atom stereocenters. The number of H-pyrrole nitrogens is 2. The van der Waals surface area contributed by atoms with Crippen molar-refractivity contribution in [3.63, 3.8) is 0 Å². The van der Waals surface area contributed by atoms with Crippen molar-refractivity contribution >= 4 is 23.2 Å². The van der Waals surface area contributed by atoms with Crippen LogP contribution in [0.25, 0.3) is 22.8 Å². The monoisotopic (exact) mass is 452 g/mol. The maximum absolute atomic E-state index is 12.7. The number of aromatic amines is 2. The van der Waals surface area contributed by atoms with E-state index in [2.05, 4.69) is 51.9 Å². The summed E-state index contributed by atoms with van der Waals surface area (Å²) in [6.45, 7) is 0. The van der Waals surface area contributed by atoms with Gasteiger partial charge in [0.25, 0.3) is 11.8 Å². The molecule has 0 spiro atoms. The van der Waals surface area contributed by atoms with Gasteiger partial charge >= 0.3 is 0 Å². The highest BCUT2D eigenvalue weighted by atomic mass is 16.2. The first-order valence-corrected chi connectivity index (χ1v) is 10.1. The lowest BCUT2D eigenvalue weighted by Crippen LogP contribution is -2.14. The lowest BCUT2D eigenvalue weighted by molar-refractivity contribution is 0.101. The number of nitrogens with one attached hydrogen (secondary N) is 4. The highest BCUT2D eigenvalue weighted by Crippen LogP contribution is 2.20. The number of carbonyl (C=O) groups excluding carboxylic acids is 2. The number of aromatic nitrogens is 8. The zero-order chi connectivity index (χ0) is 23.3. The van der Waals surface area contributed by atoms with Crippen LogP contribution in [0.4, 0.5) is 11.4 Å². The third-order valence-electron chi connectivity index (χ3n) is 4.86. The summed E-state index contributed by atoms with van der Waals surface area (Å²) in [5, 5.41) is 33.2. The molecule has 0 fully saturated rings. The Hall–Kier alpha value is -5.26. The van der Waals surface area contributed by atoms with E-state index < -0.39 is 0 Å². The van der Waals surface area contributed by atoms with Crippen LogP contribution in [0.5, 0.6) is 0 Å². The molecule has 0 atom stereocenters. The van der Waals surface area contributed by atoms with Gasteiger partial charge in [-0.05, 0) is 59.0 Å². The van der Waals surface area contributed by atoms with Gasteiger partial charge in [0.1, 0.15) is 0 Å². The largest absolute Gasteiger partial charge is 0.322 e. The molecule has 2 heterocycles. The van der Waals surface area contributed by atoms with Gasteiger partial charge in [-0.15, -0.1) is 20.4 Å². The van der Waals surface area contributed by atoms with Crippen molar-refractivity contribution in [1.29, 1.82) is 0 Å². The van der Waals surface area contributed by atoms with Crippen molar-refractivity contribution < 1.29 is 9.59 Å². The quantitative estimate of drug-likeness (QED) is 0.305. The molecule has 5 aromatic rings. The van der Waals surface area contributed by atoms with Gasteiger partial charge in [0.15, 0.2) is 0 Å². The maximum Gasteiger partial charge on any atom is 0.255 e. The highest BCUT2D eigenvalue weighted by molar-refractivity contribution is 6.07. The van der Waals surface area contributed by atoms with Crippen molar-refractivity contribution in [2.75, 3.05) is 10.6 Å². The van der Waals surface area contributed by atoms with E-state index in [9.17, 15) is 9.59 Å². The van der Waals surface area contributed by atoms with Gasteiger partial charge in [0.05, 0.1) is 0 Å². The van der Waals surface area contributed by atoms with Crippen LogP contribution in [0.2, 0.25) is 0 Å². The summed E-state index contributed by atoms with van der Waals surface area (Å²) in [5.41, 5.74) is 3.39. The predicted octanol–water partition coefficient (Wildman–Crippen LogP) is 2.55. The summed E-state index contributed by atoms with van der Waals surface area (Å²) in [6.07, 6.45) is 0. The molecule has 0 bridgehead atoms. The van der Waals surface area contributed by atoms with Gasteiger partial charge in [-0.25, -0.2) is 0 Å². The van der Waals surface area contributed by atoms with Crippen LogP contribution in [0.15, 0.2) is 72.8 Å². The smallest absolute Gasteiger partial charge is 0.255 e. The average molecular weight is 452 g/mol. The average Bonchev–Trinajstić information content (AvgIpc) is 3.59. The Morgan fingerprint density at radius 3 is 1.44 bits per heavy atom. The van der Waals surface area contributed by atoms with E-state index >= 15 is 0 Å². The number of anilines is 2. The second-order valence-electron chi connectivity index (χ2n) is 7.12. The Balaban J connectivity index is 1.25. The van der Waals surface area contributed by atoms with Gasteiger partial charge in [-0.2, -0.15) is 10.4 Å². The number of hydrogen-bond donors (Lipinski definition) is 4. The normalized spacial score (nSPS) is 10.6. The lowest BCUT2D eigenvalue weighted by atomic mass is 10.1. The molecule has 0 aliphatic heterocycles. The van der Waals surface area contributed by atoms with E-state index in [4.69, 9.17) is 0 Å². The molecule has 0 radical (unpaired) electrons. The minimum Gasteiger partial charge on any atom is -0.322 e. The Morgan fingerprint density at radius 2 is 1.06 bits per heavy atom. The van der Waals surface area contributed by atoms with Crippen molar-refractivity contribution in [2.24, 2.45) is 0 Å². The summed E-state index contributed by atoms with van der Waals surface area (Å²) in [4.78, 5) is 25.3. The molecule has 34 heavy (non-hydrogen) atoms.